The molecule has 3 rings (SSSR count). The smallest absolute Gasteiger partial charge is 0.236 e. The van der Waals surface area contributed by atoms with E-state index in [1.165, 1.54) is 0 Å². The van der Waals surface area contributed by atoms with Crippen LogP contribution in [0.4, 0.5) is 5.82 Å². The number of amides is 1. The maximum atomic E-state index is 11.7. The third-order valence-corrected chi connectivity index (χ3v) is 3.23. The quantitative estimate of drug-likeness (QED) is 0.644. The molecule has 0 bridgehead atoms. The van der Waals surface area contributed by atoms with Gasteiger partial charge in [-0.05, 0) is 18.4 Å². The Hall–Kier alpha value is -1.38. The highest BCUT2D eigenvalue weighted by Crippen LogP contribution is 2.58. The molecular formula is C10H10N2O. The summed E-state index contributed by atoms with van der Waals surface area (Å²) >= 11 is 0. The fourth-order valence-corrected chi connectivity index (χ4v) is 2.32. The molecule has 0 aromatic carbocycles. The van der Waals surface area contributed by atoms with Crippen molar-refractivity contribution < 1.29 is 4.79 Å². The molecular weight excluding hydrogens is 164 g/mol. The number of carbonyl (C=O) groups excluding carboxylic acids is 1. The summed E-state index contributed by atoms with van der Waals surface area (Å²) in [7, 11) is 0. The van der Waals surface area contributed by atoms with Crippen molar-refractivity contribution in [3.63, 3.8) is 0 Å². The van der Waals surface area contributed by atoms with Crippen molar-refractivity contribution in [2.45, 2.75) is 18.8 Å². The number of nitrogens with zero attached hydrogens (tertiary/aromatic N) is 1. The molecule has 13 heavy (non-hydrogen) atoms. The van der Waals surface area contributed by atoms with Gasteiger partial charge in [-0.25, -0.2) is 4.98 Å². The number of anilines is 1. The molecule has 1 spiro atoms. The zero-order valence-corrected chi connectivity index (χ0v) is 7.37. The molecule has 1 aromatic heterocycles. The molecule has 1 aliphatic heterocycles. The van der Waals surface area contributed by atoms with E-state index in [1.807, 2.05) is 12.1 Å². The molecule has 66 valence electrons. The van der Waals surface area contributed by atoms with Gasteiger partial charge in [0.05, 0.1) is 5.41 Å². The molecule has 1 N–H and O–H groups in total. The summed E-state index contributed by atoms with van der Waals surface area (Å²) in [5.41, 5.74) is 0.872. The lowest BCUT2D eigenvalue weighted by atomic mass is 9.97. The van der Waals surface area contributed by atoms with E-state index in [1.54, 1.807) is 6.20 Å². The normalized spacial score (nSPS) is 34.5. The highest BCUT2D eigenvalue weighted by Gasteiger charge is 2.62. The van der Waals surface area contributed by atoms with Gasteiger partial charge >= 0.3 is 0 Å². The van der Waals surface area contributed by atoms with Crippen LogP contribution in [0, 0.1) is 5.92 Å². The van der Waals surface area contributed by atoms with Crippen LogP contribution < -0.4 is 5.32 Å². The first-order chi connectivity index (χ1) is 6.25. The second-order valence-corrected chi connectivity index (χ2v) is 3.93. The Balaban J connectivity index is 2.22. The minimum Gasteiger partial charge on any atom is -0.310 e. The predicted molar refractivity (Wildman–Crippen MR) is 48.3 cm³/mol. The average molecular weight is 174 g/mol. The standard InChI is InChI=1S/C10H10N2O/c1-6-5-10(6)7-3-2-4-11-8(7)12-9(10)13/h2-4,6H,5H2,1H3,(H,11,12,13). The first kappa shape index (κ1) is 7.06. The number of hydrogen-bond acceptors (Lipinski definition) is 2. The molecule has 1 aromatic rings. The number of rotatable bonds is 0. The van der Waals surface area contributed by atoms with Gasteiger partial charge < -0.3 is 5.32 Å². The Kier molecular flexibility index (Phi) is 1.04. The van der Waals surface area contributed by atoms with Crippen LogP contribution in [0.3, 0.4) is 0 Å². The van der Waals surface area contributed by atoms with E-state index in [4.69, 9.17) is 0 Å². The van der Waals surface area contributed by atoms with Gasteiger partial charge in [0.2, 0.25) is 5.91 Å². The number of carbonyl (C=O) groups is 1. The number of aromatic nitrogens is 1. The maximum absolute atomic E-state index is 11.7. The molecule has 2 heterocycles. The Morgan fingerprint density at radius 3 is 3.15 bits per heavy atom. The molecule has 2 aliphatic rings. The predicted octanol–water partition coefficient (Wildman–Crippen LogP) is 1.31. The average Bonchev–Trinajstić information content (AvgIpc) is 2.71. The van der Waals surface area contributed by atoms with E-state index in [-0.39, 0.29) is 11.3 Å². The second kappa shape index (κ2) is 1.92. The fraction of sp³-hybridized carbons (Fsp3) is 0.400. The lowest BCUT2D eigenvalue weighted by Gasteiger charge is -2.03. The number of pyridine rings is 1. The van der Waals surface area contributed by atoms with Crippen LogP contribution in [-0.2, 0) is 10.2 Å². The highest BCUT2D eigenvalue weighted by molar-refractivity contribution is 6.07. The summed E-state index contributed by atoms with van der Waals surface area (Å²) in [6.07, 6.45) is 2.68. The summed E-state index contributed by atoms with van der Waals surface area (Å²) in [5, 5.41) is 2.83. The molecule has 3 heteroatoms. The summed E-state index contributed by atoms with van der Waals surface area (Å²) in [6.45, 7) is 2.11. The monoisotopic (exact) mass is 174 g/mol. The summed E-state index contributed by atoms with van der Waals surface area (Å²) in [6, 6.07) is 3.90. The fourth-order valence-electron chi connectivity index (χ4n) is 2.32. The zero-order chi connectivity index (χ0) is 9.05. The van der Waals surface area contributed by atoms with E-state index in [0.717, 1.165) is 17.8 Å². The molecule has 1 amide bonds. The number of fused-ring (bicyclic) bond motifs is 2. The third-order valence-electron chi connectivity index (χ3n) is 3.23. The van der Waals surface area contributed by atoms with E-state index in [0.29, 0.717) is 5.92 Å². The lowest BCUT2D eigenvalue weighted by Crippen LogP contribution is -2.20. The van der Waals surface area contributed by atoms with E-state index < -0.39 is 0 Å². The zero-order valence-electron chi connectivity index (χ0n) is 7.37. The van der Waals surface area contributed by atoms with Gasteiger partial charge in [-0.15, -0.1) is 0 Å². The Morgan fingerprint density at radius 1 is 1.69 bits per heavy atom. The van der Waals surface area contributed by atoms with Crippen LogP contribution in [0.25, 0.3) is 0 Å². The van der Waals surface area contributed by atoms with Crippen LogP contribution in [-0.4, -0.2) is 10.9 Å². The lowest BCUT2D eigenvalue weighted by molar-refractivity contribution is -0.118. The topological polar surface area (TPSA) is 42.0 Å². The van der Waals surface area contributed by atoms with Crippen molar-refractivity contribution in [2.75, 3.05) is 5.32 Å². The van der Waals surface area contributed by atoms with Crippen LogP contribution in [0.1, 0.15) is 18.9 Å². The third kappa shape index (κ3) is 0.658. The van der Waals surface area contributed by atoms with Crippen molar-refractivity contribution in [3.8, 4) is 0 Å². The minimum atomic E-state index is -0.219. The van der Waals surface area contributed by atoms with Crippen LogP contribution in [0.15, 0.2) is 18.3 Å². The van der Waals surface area contributed by atoms with E-state index in [2.05, 4.69) is 17.2 Å². The molecule has 0 radical (unpaired) electrons. The second-order valence-electron chi connectivity index (χ2n) is 3.93. The minimum absolute atomic E-state index is 0.133. The maximum Gasteiger partial charge on any atom is 0.236 e. The molecule has 2 atom stereocenters. The van der Waals surface area contributed by atoms with Gasteiger partial charge in [-0.1, -0.05) is 13.0 Å². The first-order valence-corrected chi connectivity index (χ1v) is 4.52. The van der Waals surface area contributed by atoms with Gasteiger partial charge in [-0.3, -0.25) is 4.79 Å². The SMILES string of the molecule is CC1CC12C(=O)Nc1ncccc12. The van der Waals surface area contributed by atoms with Gasteiger partial charge in [0.15, 0.2) is 0 Å². The summed E-state index contributed by atoms with van der Waals surface area (Å²) < 4.78 is 0. The Bertz CT molecular complexity index is 402. The van der Waals surface area contributed by atoms with Crippen molar-refractivity contribution in [3.05, 3.63) is 23.9 Å². The Morgan fingerprint density at radius 2 is 2.46 bits per heavy atom. The highest BCUT2D eigenvalue weighted by atomic mass is 16.2. The summed E-state index contributed by atoms with van der Waals surface area (Å²) in [4.78, 5) is 15.8. The van der Waals surface area contributed by atoms with Gasteiger partial charge in [0.25, 0.3) is 0 Å². The summed E-state index contributed by atoms with van der Waals surface area (Å²) in [5.74, 6) is 1.36. The Labute approximate surface area is 76.2 Å². The molecule has 3 nitrogen and oxygen atoms in total. The molecule has 1 fully saturated rings. The van der Waals surface area contributed by atoms with Crippen molar-refractivity contribution in [1.82, 2.24) is 4.98 Å². The van der Waals surface area contributed by atoms with Gasteiger partial charge in [0.1, 0.15) is 5.82 Å². The molecule has 2 unspecified atom stereocenters. The molecule has 1 saturated carbocycles. The molecule has 0 saturated heterocycles. The first-order valence-electron chi connectivity index (χ1n) is 4.52. The van der Waals surface area contributed by atoms with Gasteiger partial charge in [-0.2, -0.15) is 0 Å². The van der Waals surface area contributed by atoms with Gasteiger partial charge in [0, 0.05) is 11.8 Å². The van der Waals surface area contributed by atoms with Crippen molar-refractivity contribution in [2.24, 2.45) is 5.92 Å². The number of nitrogens with one attached hydrogen (secondary N) is 1. The van der Waals surface area contributed by atoms with Crippen molar-refractivity contribution >= 4 is 11.7 Å². The number of hydrogen-bond donors (Lipinski definition) is 1. The van der Waals surface area contributed by atoms with E-state index in [9.17, 15) is 4.79 Å². The largest absolute Gasteiger partial charge is 0.310 e. The molecule has 1 aliphatic carbocycles. The van der Waals surface area contributed by atoms with Crippen molar-refractivity contribution in [1.29, 1.82) is 0 Å². The van der Waals surface area contributed by atoms with Crippen LogP contribution >= 0.6 is 0 Å². The van der Waals surface area contributed by atoms with Crippen LogP contribution in [0.5, 0.6) is 0 Å². The van der Waals surface area contributed by atoms with E-state index >= 15 is 0 Å². The van der Waals surface area contributed by atoms with Crippen LogP contribution in [0.2, 0.25) is 0 Å².